The molecule has 7 heteroatoms. The maximum atomic E-state index is 12.2. The van der Waals surface area contributed by atoms with E-state index in [2.05, 4.69) is 17.3 Å². The highest BCUT2D eigenvalue weighted by Gasteiger charge is 2.17. The summed E-state index contributed by atoms with van der Waals surface area (Å²) < 4.78 is 21.5. The van der Waals surface area contributed by atoms with Crippen LogP contribution in [0.3, 0.4) is 0 Å². The number of methoxy groups -OCH3 is 3. The van der Waals surface area contributed by atoms with Crippen molar-refractivity contribution in [3.8, 4) is 11.5 Å². The fraction of sp³-hybridized carbons (Fsp3) is 0.214. The summed E-state index contributed by atoms with van der Waals surface area (Å²) in [7, 11) is 4.38. The third-order valence-electron chi connectivity index (χ3n) is 5.12. The molecular weight excluding hydrogens is 446 g/mol. The maximum Gasteiger partial charge on any atom is 0.341 e. The van der Waals surface area contributed by atoms with Crippen molar-refractivity contribution in [3.05, 3.63) is 101 Å². The topological polar surface area (TPSA) is 75.6 Å². The van der Waals surface area contributed by atoms with Crippen LogP contribution in [0.25, 0.3) is 5.57 Å². The molecule has 0 radical (unpaired) electrons. The summed E-state index contributed by atoms with van der Waals surface area (Å²) in [4.78, 5) is 17.6. The second-order valence-electron chi connectivity index (χ2n) is 7.42. The highest BCUT2D eigenvalue weighted by atomic mass is 16.6. The molecule has 7 nitrogen and oxygen atoms in total. The summed E-state index contributed by atoms with van der Waals surface area (Å²) in [5, 5.41) is 4.06. The standard InChI is InChI=1S/C28H29NO6/c1-31-20-25(28(30)33-3)24-12-8-7-11-23(24)19-34-27-17-22(13-14-26(27)32-2)18-29-35-16-15-21-9-5-4-6-10-21/h4-14,17-18,20H,15-16,19H2,1-3H3. The minimum Gasteiger partial charge on any atom is -0.503 e. The summed E-state index contributed by atoms with van der Waals surface area (Å²) in [6.07, 6.45) is 3.77. The van der Waals surface area contributed by atoms with Gasteiger partial charge in [-0.25, -0.2) is 4.79 Å². The van der Waals surface area contributed by atoms with Crippen LogP contribution in [0, 0.1) is 0 Å². The zero-order valence-electron chi connectivity index (χ0n) is 20.1. The first-order chi connectivity index (χ1) is 17.2. The van der Waals surface area contributed by atoms with Crippen LogP contribution in [0.2, 0.25) is 0 Å². The van der Waals surface area contributed by atoms with Gasteiger partial charge < -0.3 is 23.8 Å². The summed E-state index contributed by atoms with van der Waals surface area (Å²) in [6.45, 7) is 0.674. The van der Waals surface area contributed by atoms with Crippen LogP contribution < -0.4 is 9.47 Å². The molecule has 0 N–H and O–H groups in total. The van der Waals surface area contributed by atoms with E-state index in [4.69, 9.17) is 23.8 Å². The molecule has 0 heterocycles. The predicted molar refractivity (Wildman–Crippen MR) is 134 cm³/mol. The summed E-state index contributed by atoms with van der Waals surface area (Å²) in [5.74, 6) is 0.610. The highest BCUT2D eigenvalue weighted by molar-refractivity contribution is 6.16. The van der Waals surface area contributed by atoms with Gasteiger partial charge in [0, 0.05) is 12.0 Å². The second-order valence-corrected chi connectivity index (χ2v) is 7.42. The quantitative estimate of drug-likeness (QED) is 0.0914. The van der Waals surface area contributed by atoms with E-state index in [9.17, 15) is 4.79 Å². The Hall–Kier alpha value is -4.26. The molecule has 0 unspecified atom stereocenters. The van der Waals surface area contributed by atoms with Gasteiger partial charge in [0.05, 0.1) is 33.8 Å². The lowest BCUT2D eigenvalue weighted by atomic mass is 10.0. The molecule has 0 fully saturated rings. The summed E-state index contributed by atoms with van der Waals surface area (Å²) in [5.41, 5.74) is 3.73. The number of oxime groups is 1. The Morgan fingerprint density at radius 3 is 2.43 bits per heavy atom. The molecule has 0 aromatic heterocycles. The van der Waals surface area contributed by atoms with Crippen molar-refractivity contribution in [1.82, 2.24) is 0 Å². The minimum absolute atomic E-state index is 0.193. The van der Waals surface area contributed by atoms with Gasteiger partial charge in [-0.3, -0.25) is 0 Å². The largest absolute Gasteiger partial charge is 0.503 e. The number of hydrogen-bond acceptors (Lipinski definition) is 7. The molecule has 0 saturated heterocycles. The van der Waals surface area contributed by atoms with E-state index in [0.29, 0.717) is 29.2 Å². The Kier molecular flexibility index (Phi) is 9.75. The second kappa shape index (κ2) is 13.4. The number of rotatable bonds is 12. The van der Waals surface area contributed by atoms with Gasteiger partial charge in [-0.2, -0.15) is 0 Å². The van der Waals surface area contributed by atoms with E-state index in [1.807, 2.05) is 54.6 Å². The van der Waals surface area contributed by atoms with Crippen molar-refractivity contribution < 1.29 is 28.6 Å². The summed E-state index contributed by atoms with van der Waals surface area (Å²) >= 11 is 0. The van der Waals surface area contributed by atoms with Gasteiger partial charge in [-0.1, -0.05) is 59.8 Å². The van der Waals surface area contributed by atoms with Crippen LogP contribution in [-0.4, -0.2) is 40.1 Å². The molecule has 3 aromatic carbocycles. The fourth-order valence-electron chi connectivity index (χ4n) is 3.36. The predicted octanol–water partition coefficient (Wildman–Crippen LogP) is 5.03. The molecule has 0 bridgehead atoms. The lowest BCUT2D eigenvalue weighted by Gasteiger charge is -2.14. The van der Waals surface area contributed by atoms with E-state index in [1.165, 1.54) is 26.0 Å². The first-order valence-electron chi connectivity index (χ1n) is 11.1. The van der Waals surface area contributed by atoms with Gasteiger partial charge in [0.25, 0.3) is 0 Å². The lowest BCUT2D eigenvalue weighted by Crippen LogP contribution is -2.08. The molecule has 0 spiro atoms. The van der Waals surface area contributed by atoms with Gasteiger partial charge in [-0.15, -0.1) is 0 Å². The molecule has 0 aliphatic heterocycles. The van der Waals surface area contributed by atoms with E-state index >= 15 is 0 Å². The van der Waals surface area contributed by atoms with E-state index in [1.54, 1.807) is 19.4 Å². The number of hydrogen-bond donors (Lipinski definition) is 0. The number of esters is 1. The fourth-order valence-corrected chi connectivity index (χ4v) is 3.36. The van der Waals surface area contributed by atoms with Crippen molar-refractivity contribution in [1.29, 1.82) is 0 Å². The van der Waals surface area contributed by atoms with Gasteiger partial charge >= 0.3 is 5.97 Å². The molecule has 0 aliphatic rings. The van der Waals surface area contributed by atoms with Crippen LogP contribution in [0.4, 0.5) is 0 Å². The van der Waals surface area contributed by atoms with Crippen LogP contribution in [0.5, 0.6) is 11.5 Å². The number of carbonyl (C=O) groups is 1. The zero-order chi connectivity index (χ0) is 24.9. The van der Waals surface area contributed by atoms with Crippen molar-refractivity contribution >= 4 is 17.8 Å². The number of nitrogens with zero attached hydrogens (tertiary/aromatic N) is 1. The zero-order valence-corrected chi connectivity index (χ0v) is 20.1. The Morgan fingerprint density at radius 2 is 1.69 bits per heavy atom. The third kappa shape index (κ3) is 7.37. The van der Waals surface area contributed by atoms with Crippen molar-refractivity contribution in [2.24, 2.45) is 5.16 Å². The SMILES string of the molecule is COC=C(C(=O)OC)c1ccccc1COc1cc(C=NOCCc2ccccc2)ccc1OC. The van der Waals surface area contributed by atoms with Crippen LogP contribution in [0.15, 0.2) is 84.2 Å². The van der Waals surface area contributed by atoms with Gasteiger partial charge in [0.2, 0.25) is 0 Å². The molecular formula is C28H29NO6. The Balaban J connectivity index is 1.69. The van der Waals surface area contributed by atoms with E-state index in [0.717, 1.165) is 17.5 Å². The molecule has 0 aliphatic carbocycles. The molecule has 0 amide bonds. The first-order valence-corrected chi connectivity index (χ1v) is 11.1. The molecule has 182 valence electrons. The molecule has 3 aromatic rings. The summed E-state index contributed by atoms with van der Waals surface area (Å²) in [6, 6.07) is 23.0. The third-order valence-corrected chi connectivity index (χ3v) is 5.12. The average molecular weight is 476 g/mol. The monoisotopic (exact) mass is 475 g/mol. The number of ether oxygens (including phenoxy) is 4. The van der Waals surface area contributed by atoms with Crippen molar-refractivity contribution in [2.75, 3.05) is 27.9 Å². The van der Waals surface area contributed by atoms with E-state index in [-0.39, 0.29) is 6.61 Å². The van der Waals surface area contributed by atoms with Gasteiger partial charge in [0.1, 0.15) is 18.8 Å². The van der Waals surface area contributed by atoms with Crippen molar-refractivity contribution in [3.63, 3.8) is 0 Å². The molecule has 0 atom stereocenters. The first kappa shape index (κ1) is 25.4. The Labute approximate surface area is 205 Å². The number of benzene rings is 3. The normalized spacial score (nSPS) is 11.2. The molecule has 35 heavy (non-hydrogen) atoms. The Morgan fingerprint density at radius 1 is 0.914 bits per heavy atom. The lowest BCUT2D eigenvalue weighted by molar-refractivity contribution is -0.133. The molecule has 3 rings (SSSR count). The van der Waals surface area contributed by atoms with Crippen LogP contribution in [0.1, 0.15) is 22.3 Å². The maximum absolute atomic E-state index is 12.2. The highest BCUT2D eigenvalue weighted by Crippen LogP contribution is 2.30. The molecule has 0 saturated carbocycles. The van der Waals surface area contributed by atoms with Gasteiger partial charge in [-0.05, 0) is 34.9 Å². The number of carbonyl (C=O) groups excluding carboxylic acids is 1. The van der Waals surface area contributed by atoms with Gasteiger partial charge in [0.15, 0.2) is 11.5 Å². The van der Waals surface area contributed by atoms with E-state index < -0.39 is 5.97 Å². The average Bonchev–Trinajstić information content (AvgIpc) is 2.91. The smallest absolute Gasteiger partial charge is 0.341 e. The van der Waals surface area contributed by atoms with Crippen LogP contribution >= 0.6 is 0 Å². The Bertz CT molecular complexity index is 1160. The van der Waals surface area contributed by atoms with Crippen molar-refractivity contribution in [2.45, 2.75) is 13.0 Å². The minimum atomic E-state index is -0.498. The van der Waals surface area contributed by atoms with Crippen LogP contribution in [-0.2, 0) is 32.1 Å².